The molecule has 0 radical (unpaired) electrons. The molecule has 7 nitrogen and oxygen atoms in total. The molecule has 1 saturated heterocycles. The third-order valence-corrected chi connectivity index (χ3v) is 6.02. The normalized spacial score (nSPS) is 15.7. The average Bonchev–Trinajstić information content (AvgIpc) is 3.28. The maximum absolute atomic E-state index is 6.55. The molecule has 0 aliphatic carbocycles. The highest BCUT2D eigenvalue weighted by Gasteiger charge is 2.19. The number of aryl methyl sites for hydroxylation is 3. The van der Waals surface area contributed by atoms with Gasteiger partial charge in [-0.2, -0.15) is 5.10 Å². The van der Waals surface area contributed by atoms with Crippen molar-refractivity contribution < 1.29 is 0 Å². The van der Waals surface area contributed by atoms with E-state index in [9.17, 15) is 0 Å². The van der Waals surface area contributed by atoms with Crippen molar-refractivity contribution in [2.75, 3.05) is 43.9 Å². The van der Waals surface area contributed by atoms with Gasteiger partial charge in [0.15, 0.2) is 0 Å². The highest BCUT2D eigenvalue weighted by atomic mass is 15.2. The number of nitrogens with two attached hydrogens (primary N) is 2. The summed E-state index contributed by atoms with van der Waals surface area (Å²) < 4.78 is 0. The number of nitrogens with zero attached hydrogens (tertiary/aromatic N) is 3. The second-order valence-electron chi connectivity index (χ2n) is 8.29. The Morgan fingerprint density at radius 2 is 1.73 bits per heavy atom. The van der Waals surface area contributed by atoms with Crippen LogP contribution < -0.4 is 16.4 Å². The van der Waals surface area contributed by atoms with Crippen LogP contribution in [0.5, 0.6) is 0 Å². The van der Waals surface area contributed by atoms with Gasteiger partial charge in [0.25, 0.3) is 0 Å². The number of benzene rings is 1. The van der Waals surface area contributed by atoms with Crippen LogP contribution in [0.2, 0.25) is 0 Å². The summed E-state index contributed by atoms with van der Waals surface area (Å²) in [6.45, 7) is 10.6. The van der Waals surface area contributed by atoms with Crippen LogP contribution >= 0.6 is 0 Å². The number of likely N-dealkylation sites (N-methyl/N-ethyl adjacent to an activating group) is 1. The number of hydrogen-bond acceptors (Lipinski definition) is 5. The first-order valence-electron chi connectivity index (χ1n) is 10.3. The van der Waals surface area contributed by atoms with Crippen LogP contribution in [-0.4, -0.2) is 53.3 Å². The number of hydrogen-bond donors (Lipinski definition) is 4. The first-order valence-corrected chi connectivity index (χ1v) is 10.3. The van der Waals surface area contributed by atoms with E-state index in [0.29, 0.717) is 11.5 Å². The summed E-state index contributed by atoms with van der Waals surface area (Å²) in [4.78, 5) is 7.97. The Hall–Kier alpha value is -3.19. The number of aromatic nitrogens is 3. The van der Waals surface area contributed by atoms with Gasteiger partial charge in [0.2, 0.25) is 0 Å². The fourth-order valence-electron chi connectivity index (χ4n) is 4.34. The Morgan fingerprint density at radius 1 is 1.07 bits per heavy atom. The maximum atomic E-state index is 6.55. The van der Waals surface area contributed by atoms with Gasteiger partial charge in [-0.15, -0.1) is 0 Å². The Labute approximate surface area is 177 Å². The molecule has 1 fully saturated rings. The molecule has 158 valence electrons. The zero-order valence-electron chi connectivity index (χ0n) is 18.2. The molecule has 3 aromatic rings. The van der Waals surface area contributed by atoms with Crippen LogP contribution in [0.25, 0.3) is 22.9 Å². The molecule has 0 amide bonds. The second-order valence-corrected chi connectivity index (χ2v) is 8.29. The summed E-state index contributed by atoms with van der Waals surface area (Å²) in [7, 11) is 2.18. The van der Waals surface area contributed by atoms with E-state index in [2.05, 4.69) is 58.0 Å². The number of nitrogen functional groups attached to an aromatic ring is 1. The Morgan fingerprint density at radius 3 is 2.33 bits per heavy atom. The summed E-state index contributed by atoms with van der Waals surface area (Å²) in [6, 6.07) is 4.36. The van der Waals surface area contributed by atoms with Crippen molar-refractivity contribution in [1.29, 1.82) is 0 Å². The van der Waals surface area contributed by atoms with Crippen molar-refractivity contribution in [2.24, 2.45) is 5.73 Å². The fourth-order valence-corrected chi connectivity index (χ4v) is 4.34. The number of nitrogens with one attached hydrogen (secondary N) is 2. The first-order chi connectivity index (χ1) is 14.3. The van der Waals surface area contributed by atoms with Gasteiger partial charge < -0.3 is 26.3 Å². The quantitative estimate of drug-likeness (QED) is 0.534. The number of anilines is 2. The van der Waals surface area contributed by atoms with Gasteiger partial charge in [-0.25, -0.2) is 0 Å². The highest BCUT2D eigenvalue weighted by molar-refractivity contribution is 5.90. The topological polar surface area (TPSA) is 103 Å². The largest absolute Gasteiger partial charge is 0.398 e. The minimum Gasteiger partial charge on any atom is -0.398 e. The lowest BCUT2D eigenvalue weighted by molar-refractivity contribution is 0.312. The minimum absolute atomic E-state index is 0.594. The molecule has 4 rings (SSSR count). The third kappa shape index (κ3) is 3.68. The fraction of sp³-hybridized carbons (Fsp3) is 0.348. The number of aromatic amines is 2. The first kappa shape index (κ1) is 20.1. The average molecular weight is 406 g/mol. The van der Waals surface area contributed by atoms with Crippen LogP contribution in [-0.2, 0) is 0 Å². The molecule has 0 unspecified atom stereocenters. The number of piperazine rings is 1. The van der Waals surface area contributed by atoms with Gasteiger partial charge in [0.1, 0.15) is 5.82 Å². The van der Waals surface area contributed by atoms with E-state index in [1.54, 1.807) is 0 Å². The van der Waals surface area contributed by atoms with Crippen molar-refractivity contribution in [3.05, 3.63) is 52.5 Å². The van der Waals surface area contributed by atoms with Crippen molar-refractivity contribution >= 4 is 23.3 Å². The van der Waals surface area contributed by atoms with E-state index < -0.39 is 0 Å². The monoisotopic (exact) mass is 405 g/mol. The zero-order valence-corrected chi connectivity index (χ0v) is 18.2. The van der Waals surface area contributed by atoms with Gasteiger partial charge in [0.05, 0.1) is 6.20 Å². The maximum Gasteiger partial charge on any atom is 0.108 e. The summed E-state index contributed by atoms with van der Waals surface area (Å²) in [5, 5.41) is 7.11. The summed E-state index contributed by atoms with van der Waals surface area (Å²) >= 11 is 0. The molecule has 30 heavy (non-hydrogen) atoms. The van der Waals surface area contributed by atoms with Crippen LogP contribution in [0, 0.1) is 20.8 Å². The van der Waals surface area contributed by atoms with E-state index >= 15 is 0 Å². The standard InChI is InChI=1S/C23H31N7/c1-14-9-17(10-15(2)22(14)30-7-5-29(4)6-8-30)21(24)11-18-20(12-26-23(18)25)19-13-27-28-16(19)3/h9-13,26H,5-8,24-25H2,1-4H3,(H,27,28)/b21-11-. The lowest BCUT2D eigenvalue weighted by atomic mass is 9.98. The van der Waals surface area contributed by atoms with Crippen LogP contribution in [0.15, 0.2) is 24.5 Å². The summed E-state index contributed by atoms with van der Waals surface area (Å²) in [5.41, 5.74) is 22.2. The van der Waals surface area contributed by atoms with Gasteiger partial charge in [-0.1, -0.05) is 0 Å². The molecule has 1 aromatic carbocycles. The van der Waals surface area contributed by atoms with Gasteiger partial charge in [-0.05, 0) is 62.7 Å². The molecule has 0 spiro atoms. The molecule has 7 heteroatoms. The van der Waals surface area contributed by atoms with Crippen molar-refractivity contribution in [1.82, 2.24) is 20.1 Å². The third-order valence-electron chi connectivity index (χ3n) is 6.02. The van der Waals surface area contributed by atoms with Crippen LogP contribution in [0.1, 0.15) is 27.9 Å². The molecule has 0 bridgehead atoms. The Kier molecular flexibility index (Phi) is 5.30. The van der Waals surface area contributed by atoms with Crippen molar-refractivity contribution in [3.8, 4) is 11.1 Å². The molecule has 1 aliphatic heterocycles. The number of H-pyrrole nitrogens is 2. The van der Waals surface area contributed by atoms with Crippen LogP contribution in [0.4, 0.5) is 11.5 Å². The summed E-state index contributed by atoms with van der Waals surface area (Å²) in [5.74, 6) is 0.594. The molecular formula is C23H31N7. The van der Waals surface area contributed by atoms with E-state index in [1.807, 2.05) is 25.4 Å². The molecule has 0 saturated carbocycles. The predicted octanol–water partition coefficient (Wildman–Crippen LogP) is 3.12. The van der Waals surface area contributed by atoms with Gasteiger partial charge in [0, 0.05) is 66.1 Å². The lowest BCUT2D eigenvalue weighted by Crippen LogP contribution is -2.45. The van der Waals surface area contributed by atoms with E-state index in [4.69, 9.17) is 11.5 Å². The highest BCUT2D eigenvalue weighted by Crippen LogP contribution is 2.33. The second kappa shape index (κ2) is 7.91. The minimum atomic E-state index is 0.594. The van der Waals surface area contributed by atoms with Crippen molar-refractivity contribution in [3.63, 3.8) is 0 Å². The Bertz CT molecular complexity index is 1060. The van der Waals surface area contributed by atoms with E-state index in [1.165, 1.54) is 16.8 Å². The molecule has 2 aromatic heterocycles. The smallest absolute Gasteiger partial charge is 0.108 e. The Balaban J connectivity index is 1.68. The summed E-state index contributed by atoms with van der Waals surface area (Å²) in [6.07, 6.45) is 5.67. The molecule has 3 heterocycles. The molecule has 6 N–H and O–H groups in total. The van der Waals surface area contributed by atoms with Crippen molar-refractivity contribution in [2.45, 2.75) is 20.8 Å². The number of rotatable bonds is 4. The zero-order chi connectivity index (χ0) is 21.4. The predicted molar refractivity (Wildman–Crippen MR) is 125 cm³/mol. The molecular weight excluding hydrogens is 374 g/mol. The van der Waals surface area contributed by atoms with E-state index in [0.717, 1.165) is 54.1 Å². The van der Waals surface area contributed by atoms with Gasteiger partial charge in [-0.3, -0.25) is 5.10 Å². The molecule has 1 aliphatic rings. The van der Waals surface area contributed by atoms with Gasteiger partial charge >= 0.3 is 0 Å². The van der Waals surface area contributed by atoms with Crippen LogP contribution in [0.3, 0.4) is 0 Å². The molecule has 0 atom stereocenters. The SMILES string of the molecule is Cc1cc(/C(N)=C/c2c(-c3cn[nH]c3C)c[nH]c2N)cc(C)c1N1CCN(C)CC1. The lowest BCUT2D eigenvalue weighted by Gasteiger charge is -2.36. The van der Waals surface area contributed by atoms with E-state index in [-0.39, 0.29) is 0 Å².